The van der Waals surface area contributed by atoms with Crippen LogP contribution in [0.2, 0.25) is 0 Å². The SMILES string of the molecule is CCc1[nH]nc(C(=O)NCCCN2CCCC2)c1N. The Balaban J connectivity index is 1.72. The summed E-state index contributed by atoms with van der Waals surface area (Å²) in [5.74, 6) is -0.185. The van der Waals surface area contributed by atoms with Crippen molar-refractivity contribution in [2.75, 3.05) is 31.9 Å². The van der Waals surface area contributed by atoms with Crippen LogP contribution in [0.3, 0.4) is 0 Å². The van der Waals surface area contributed by atoms with E-state index in [2.05, 4.69) is 20.4 Å². The van der Waals surface area contributed by atoms with Crippen molar-refractivity contribution in [3.63, 3.8) is 0 Å². The molecule has 0 spiro atoms. The highest BCUT2D eigenvalue weighted by Gasteiger charge is 2.16. The maximum Gasteiger partial charge on any atom is 0.273 e. The Labute approximate surface area is 113 Å². The summed E-state index contributed by atoms with van der Waals surface area (Å²) in [6, 6.07) is 0. The quantitative estimate of drug-likeness (QED) is 0.663. The van der Waals surface area contributed by atoms with Crippen LogP contribution in [0.5, 0.6) is 0 Å². The Kier molecular flexibility index (Phi) is 4.79. The van der Waals surface area contributed by atoms with Crippen LogP contribution in [0.15, 0.2) is 0 Å². The van der Waals surface area contributed by atoms with E-state index in [1.807, 2.05) is 6.92 Å². The molecule has 0 radical (unpaired) electrons. The summed E-state index contributed by atoms with van der Waals surface area (Å²) in [7, 11) is 0. The summed E-state index contributed by atoms with van der Waals surface area (Å²) in [4.78, 5) is 14.3. The van der Waals surface area contributed by atoms with Crippen molar-refractivity contribution in [2.24, 2.45) is 0 Å². The largest absolute Gasteiger partial charge is 0.395 e. The van der Waals surface area contributed by atoms with Gasteiger partial charge in [0, 0.05) is 6.54 Å². The molecule has 0 unspecified atom stereocenters. The lowest BCUT2D eigenvalue weighted by molar-refractivity contribution is 0.0948. The van der Waals surface area contributed by atoms with Crippen molar-refractivity contribution >= 4 is 11.6 Å². The Bertz CT molecular complexity index is 423. The number of aromatic amines is 1. The van der Waals surface area contributed by atoms with Gasteiger partial charge in [-0.15, -0.1) is 0 Å². The van der Waals surface area contributed by atoms with Gasteiger partial charge in [0.2, 0.25) is 0 Å². The molecular weight excluding hydrogens is 242 g/mol. The second-order valence-electron chi connectivity index (χ2n) is 4.98. The minimum absolute atomic E-state index is 0.185. The number of amides is 1. The monoisotopic (exact) mass is 265 g/mol. The lowest BCUT2D eigenvalue weighted by Crippen LogP contribution is -2.29. The van der Waals surface area contributed by atoms with E-state index < -0.39 is 0 Å². The van der Waals surface area contributed by atoms with Crippen LogP contribution < -0.4 is 11.1 Å². The molecule has 0 aromatic carbocycles. The molecular formula is C13H23N5O. The van der Waals surface area contributed by atoms with Gasteiger partial charge in [-0.1, -0.05) is 6.92 Å². The number of nitrogen functional groups attached to an aromatic ring is 1. The number of anilines is 1. The lowest BCUT2D eigenvalue weighted by Gasteiger charge is -2.14. The number of nitrogens with two attached hydrogens (primary N) is 1. The fraction of sp³-hybridized carbons (Fsp3) is 0.692. The second-order valence-corrected chi connectivity index (χ2v) is 4.98. The summed E-state index contributed by atoms with van der Waals surface area (Å²) >= 11 is 0. The van der Waals surface area contributed by atoms with E-state index in [0.29, 0.717) is 17.9 Å². The number of hydrogen-bond donors (Lipinski definition) is 3. The Morgan fingerprint density at radius 2 is 2.21 bits per heavy atom. The number of hydrogen-bond acceptors (Lipinski definition) is 4. The summed E-state index contributed by atoms with van der Waals surface area (Å²) in [6.07, 6.45) is 4.32. The first kappa shape index (κ1) is 13.9. The van der Waals surface area contributed by atoms with Crippen molar-refractivity contribution in [3.05, 3.63) is 11.4 Å². The Morgan fingerprint density at radius 1 is 1.47 bits per heavy atom. The van der Waals surface area contributed by atoms with Crippen LogP contribution in [0.4, 0.5) is 5.69 Å². The number of rotatable bonds is 6. The molecule has 2 heterocycles. The molecule has 1 aromatic rings. The van der Waals surface area contributed by atoms with Crippen LogP contribution in [-0.2, 0) is 6.42 Å². The molecule has 106 valence electrons. The third kappa shape index (κ3) is 3.47. The molecule has 0 atom stereocenters. The van der Waals surface area contributed by atoms with Crippen molar-refractivity contribution in [2.45, 2.75) is 32.6 Å². The highest BCUT2D eigenvalue weighted by atomic mass is 16.1. The predicted octanol–water partition coefficient (Wildman–Crippen LogP) is 0.770. The molecule has 1 saturated heterocycles. The minimum atomic E-state index is -0.185. The minimum Gasteiger partial charge on any atom is -0.395 e. The first-order valence-electron chi connectivity index (χ1n) is 7.05. The number of carbonyl (C=O) groups excluding carboxylic acids is 1. The van der Waals surface area contributed by atoms with Gasteiger partial charge in [0.1, 0.15) is 0 Å². The fourth-order valence-electron chi connectivity index (χ4n) is 2.42. The third-order valence-electron chi connectivity index (χ3n) is 3.59. The second kappa shape index (κ2) is 6.56. The number of aryl methyl sites for hydroxylation is 1. The highest BCUT2D eigenvalue weighted by molar-refractivity contribution is 5.97. The van der Waals surface area contributed by atoms with Crippen molar-refractivity contribution in [1.82, 2.24) is 20.4 Å². The van der Waals surface area contributed by atoms with Gasteiger partial charge < -0.3 is 16.0 Å². The molecule has 0 aliphatic carbocycles. The van der Waals surface area contributed by atoms with E-state index in [9.17, 15) is 4.79 Å². The molecule has 2 rings (SSSR count). The lowest BCUT2D eigenvalue weighted by atomic mass is 10.2. The van der Waals surface area contributed by atoms with Crippen LogP contribution in [0.25, 0.3) is 0 Å². The summed E-state index contributed by atoms with van der Waals surface area (Å²) in [5.41, 5.74) is 7.47. The van der Waals surface area contributed by atoms with Crippen molar-refractivity contribution < 1.29 is 4.79 Å². The van der Waals surface area contributed by atoms with Gasteiger partial charge in [-0.05, 0) is 45.3 Å². The Morgan fingerprint density at radius 3 is 2.84 bits per heavy atom. The van der Waals surface area contributed by atoms with Crippen LogP contribution in [-0.4, -0.2) is 47.2 Å². The van der Waals surface area contributed by atoms with Gasteiger partial charge in [0.05, 0.1) is 11.4 Å². The maximum absolute atomic E-state index is 11.9. The molecule has 1 amide bonds. The molecule has 1 aromatic heterocycles. The van der Waals surface area contributed by atoms with E-state index in [1.165, 1.54) is 25.9 Å². The molecule has 0 bridgehead atoms. The van der Waals surface area contributed by atoms with Crippen LogP contribution >= 0.6 is 0 Å². The van der Waals surface area contributed by atoms with Gasteiger partial charge in [-0.3, -0.25) is 9.89 Å². The van der Waals surface area contributed by atoms with Gasteiger partial charge in [-0.25, -0.2) is 0 Å². The molecule has 0 saturated carbocycles. The molecule has 1 aliphatic heterocycles. The van der Waals surface area contributed by atoms with Gasteiger partial charge in [0.25, 0.3) is 5.91 Å². The van der Waals surface area contributed by atoms with E-state index >= 15 is 0 Å². The predicted molar refractivity (Wildman–Crippen MR) is 75.0 cm³/mol. The van der Waals surface area contributed by atoms with Gasteiger partial charge in [0.15, 0.2) is 5.69 Å². The zero-order valence-corrected chi connectivity index (χ0v) is 11.5. The van der Waals surface area contributed by atoms with Gasteiger partial charge in [-0.2, -0.15) is 5.10 Å². The number of carbonyl (C=O) groups is 1. The smallest absolute Gasteiger partial charge is 0.273 e. The van der Waals surface area contributed by atoms with E-state index in [4.69, 9.17) is 5.73 Å². The Hall–Kier alpha value is -1.56. The summed E-state index contributed by atoms with van der Waals surface area (Å²) in [6.45, 7) is 6.08. The average molecular weight is 265 g/mol. The molecule has 1 fully saturated rings. The molecule has 19 heavy (non-hydrogen) atoms. The fourth-order valence-corrected chi connectivity index (χ4v) is 2.42. The first-order valence-corrected chi connectivity index (χ1v) is 7.05. The van der Waals surface area contributed by atoms with E-state index in [-0.39, 0.29) is 5.91 Å². The van der Waals surface area contributed by atoms with Crippen molar-refractivity contribution in [1.29, 1.82) is 0 Å². The van der Waals surface area contributed by atoms with Crippen LogP contribution in [0, 0.1) is 0 Å². The zero-order valence-electron chi connectivity index (χ0n) is 11.5. The highest BCUT2D eigenvalue weighted by Crippen LogP contribution is 2.14. The maximum atomic E-state index is 11.9. The summed E-state index contributed by atoms with van der Waals surface area (Å²) < 4.78 is 0. The summed E-state index contributed by atoms with van der Waals surface area (Å²) in [5, 5.41) is 9.64. The molecule has 4 N–H and O–H groups in total. The van der Waals surface area contributed by atoms with Crippen molar-refractivity contribution in [3.8, 4) is 0 Å². The molecule has 6 nitrogen and oxygen atoms in total. The van der Waals surface area contributed by atoms with E-state index in [1.54, 1.807) is 0 Å². The molecule has 1 aliphatic rings. The number of nitrogens with zero attached hydrogens (tertiary/aromatic N) is 2. The van der Waals surface area contributed by atoms with Crippen LogP contribution in [0.1, 0.15) is 42.4 Å². The average Bonchev–Trinajstić information content (AvgIpc) is 3.03. The number of aromatic nitrogens is 2. The number of nitrogens with one attached hydrogen (secondary N) is 2. The van der Waals surface area contributed by atoms with E-state index in [0.717, 1.165) is 25.1 Å². The zero-order chi connectivity index (χ0) is 13.7. The topological polar surface area (TPSA) is 87.0 Å². The number of likely N-dealkylation sites (tertiary alicyclic amines) is 1. The van der Waals surface area contributed by atoms with Gasteiger partial charge >= 0.3 is 0 Å². The molecule has 6 heteroatoms. The number of H-pyrrole nitrogens is 1. The third-order valence-corrected chi connectivity index (χ3v) is 3.59. The standard InChI is InChI=1S/C13H23N5O/c1-2-10-11(14)12(17-16-10)13(19)15-6-5-9-18-7-3-4-8-18/h2-9,14H2,1H3,(H,15,19)(H,16,17). The normalized spacial score (nSPS) is 15.8. The first-order chi connectivity index (χ1) is 9.22.